The number of fused-ring (bicyclic) bond motifs is 2. The molecule has 0 atom stereocenters. The molecule has 150 valence electrons. The highest BCUT2D eigenvalue weighted by atomic mass is 32.1. The molecule has 5 heterocycles. The van der Waals surface area contributed by atoms with Crippen molar-refractivity contribution in [1.82, 2.24) is 35.1 Å². The molecular weight excluding hydrogens is 420 g/mol. The van der Waals surface area contributed by atoms with Crippen LogP contribution in [0.1, 0.15) is 0 Å². The summed E-state index contributed by atoms with van der Waals surface area (Å²) >= 11 is 1.00. The van der Waals surface area contributed by atoms with Crippen molar-refractivity contribution in [3.8, 4) is 33.2 Å². The Morgan fingerprint density at radius 1 is 0.935 bits per heavy atom. The van der Waals surface area contributed by atoms with Crippen molar-refractivity contribution in [2.75, 3.05) is 0 Å². The first kappa shape index (κ1) is 17.8. The molecule has 0 aliphatic rings. The first-order chi connectivity index (χ1) is 15.2. The van der Waals surface area contributed by atoms with Crippen molar-refractivity contribution in [1.29, 1.82) is 0 Å². The van der Waals surface area contributed by atoms with Gasteiger partial charge in [-0.2, -0.15) is 9.49 Å². The smallest absolute Gasteiger partial charge is 0.177 e. The van der Waals surface area contributed by atoms with Gasteiger partial charge in [0.2, 0.25) is 0 Å². The number of hydrogen-bond acceptors (Lipinski definition) is 6. The summed E-state index contributed by atoms with van der Waals surface area (Å²) in [7, 11) is 0. The number of nitrogens with zero attached hydrogens (tertiary/aromatic N) is 5. The van der Waals surface area contributed by atoms with Gasteiger partial charge in [-0.05, 0) is 35.9 Å². The minimum absolute atomic E-state index is 0.203. The van der Waals surface area contributed by atoms with Gasteiger partial charge in [0.25, 0.3) is 0 Å². The van der Waals surface area contributed by atoms with Gasteiger partial charge in [0.15, 0.2) is 16.8 Å². The highest BCUT2D eigenvalue weighted by molar-refractivity contribution is 7.13. The summed E-state index contributed by atoms with van der Waals surface area (Å²) in [6.07, 6.45) is 6.29. The van der Waals surface area contributed by atoms with Gasteiger partial charge in [-0.25, -0.2) is 19.3 Å². The Hall–Kier alpha value is -4.05. The fraction of sp³-hybridized carbons (Fsp3) is 0. The second-order valence-corrected chi connectivity index (χ2v) is 7.86. The molecular formula is C21H11F2N7S. The zero-order valence-electron chi connectivity index (χ0n) is 15.6. The fourth-order valence-corrected chi connectivity index (χ4v) is 4.27. The van der Waals surface area contributed by atoms with E-state index in [1.54, 1.807) is 30.7 Å². The van der Waals surface area contributed by atoms with Crippen LogP contribution in [0.2, 0.25) is 0 Å². The number of aromatic amines is 2. The zero-order valence-corrected chi connectivity index (χ0v) is 16.4. The Morgan fingerprint density at radius 2 is 1.81 bits per heavy atom. The molecule has 0 bridgehead atoms. The molecule has 0 saturated carbocycles. The number of benzene rings is 1. The SMILES string of the molecule is Fc1ccc(-c2nccc3[nH]c(-c4[nH]nc5c(F)cc(-c6cncnc6)cc45)nc23)s1. The van der Waals surface area contributed by atoms with E-state index in [9.17, 15) is 8.78 Å². The number of halogens is 2. The average Bonchev–Trinajstić information content (AvgIpc) is 3.51. The molecule has 31 heavy (non-hydrogen) atoms. The molecule has 0 amide bonds. The highest BCUT2D eigenvalue weighted by Gasteiger charge is 2.18. The Balaban J connectivity index is 1.55. The summed E-state index contributed by atoms with van der Waals surface area (Å²) in [4.78, 5) is 20.9. The van der Waals surface area contributed by atoms with Crippen LogP contribution in [0.15, 0.2) is 55.2 Å². The minimum atomic E-state index is -0.466. The molecule has 0 unspecified atom stereocenters. The van der Waals surface area contributed by atoms with Crippen molar-refractivity contribution in [3.63, 3.8) is 0 Å². The highest BCUT2D eigenvalue weighted by Crippen LogP contribution is 2.34. The van der Waals surface area contributed by atoms with Gasteiger partial charge >= 0.3 is 0 Å². The van der Waals surface area contributed by atoms with Crippen molar-refractivity contribution in [3.05, 3.63) is 66.2 Å². The molecule has 0 saturated heterocycles. The first-order valence-electron chi connectivity index (χ1n) is 9.21. The minimum Gasteiger partial charge on any atom is -0.337 e. The third-order valence-electron chi connectivity index (χ3n) is 4.95. The van der Waals surface area contributed by atoms with Gasteiger partial charge in [-0.3, -0.25) is 10.1 Å². The Bertz CT molecular complexity index is 1570. The molecule has 0 spiro atoms. The van der Waals surface area contributed by atoms with E-state index in [-0.39, 0.29) is 10.6 Å². The maximum Gasteiger partial charge on any atom is 0.177 e. The predicted octanol–water partition coefficient (Wildman–Crippen LogP) is 4.96. The molecule has 2 N–H and O–H groups in total. The lowest BCUT2D eigenvalue weighted by Crippen LogP contribution is -1.86. The number of aromatic nitrogens is 7. The van der Waals surface area contributed by atoms with Crippen LogP contribution in [0, 0.1) is 10.9 Å². The van der Waals surface area contributed by atoms with Crippen LogP contribution in [0.25, 0.3) is 55.2 Å². The number of imidazole rings is 1. The van der Waals surface area contributed by atoms with Gasteiger partial charge in [0, 0.05) is 29.5 Å². The largest absolute Gasteiger partial charge is 0.337 e. The maximum absolute atomic E-state index is 14.8. The van der Waals surface area contributed by atoms with Crippen molar-refractivity contribution in [2.45, 2.75) is 0 Å². The van der Waals surface area contributed by atoms with E-state index in [0.29, 0.717) is 44.1 Å². The van der Waals surface area contributed by atoms with E-state index < -0.39 is 5.82 Å². The summed E-state index contributed by atoms with van der Waals surface area (Å²) < 4.78 is 28.3. The van der Waals surface area contributed by atoms with Gasteiger partial charge in [-0.1, -0.05) is 0 Å². The topological polar surface area (TPSA) is 96.0 Å². The first-order valence-corrected chi connectivity index (χ1v) is 10.0. The van der Waals surface area contributed by atoms with Gasteiger partial charge in [-0.15, -0.1) is 11.3 Å². The van der Waals surface area contributed by atoms with Crippen molar-refractivity contribution >= 4 is 33.3 Å². The zero-order chi connectivity index (χ0) is 20.9. The van der Waals surface area contributed by atoms with Crippen LogP contribution in [0.3, 0.4) is 0 Å². The van der Waals surface area contributed by atoms with Crippen LogP contribution in [0.4, 0.5) is 8.78 Å². The molecule has 0 fully saturated rings. The quantitative estimate of drug-likeness (QED) is 0.413. The molecule has 0 radical (unpaired) electrons. The summed E-state index contributed by atoms with van der Waals surface area (Å²) in [5.74, 6) is 0.0102. The average molecular weight is 431 g/mol. The van der Waals surface area contributed by atoms with E-state index in [2.05, 4.69) is 35.1 Å². The third-order valence-corrected chi connectivity index (χ3v) is 5.83. The number of pyridine rings is 1. The summed E-state index contributed by atoms with van der Waals surface area (Å²) in [5, 5.41) is 7.28. The molecule has 10 heteroatoms. The maximum atomic E-state index is 14.8. The lowest BCUT2D eigenvalue weighted by molar-refractivity contribution is 0.636. The molecule has 1 aromatic carbocycles. The number of H-pyrrole nitrogens is 2. The number of nitrogens with one attached hydrogen (secondary N) is 2. The van der Waals surface area contributed by atoms with E-state index in [1.165, 1.54) is 18.5 Å². The number of hydrogen-bond donors (Lipinski definition) is 2. The number of rotatable bonds is 3. The number of thiophene rings is 1. The van der Waals surface area contributed by atoms with E-state index >= 15 is 0 Å². The van der Waals surface area contributed by atoms with E-state index in [1.807, 2.05) is 6.07 Å². The second-order valence-electron chi connectivity index (χ2n) is 6.82. The normalized spacial score (nSPS) is 11.5. The fourth-order valence-electron chi connectivity index (χ4n) is 3.55. The molecule has 7 nitrogen and oxygen atoms in total. The van der Waals surface area contributed by atoms with Crippen LogP contribution in [-0.4, -0.2) is 35.1 Å². The molecule has 0 aliphatic heterocycles. The summed E-state index contributed by atoms with van der Waals surface area (Å²) in [5.41, 5.74) is 3.94. The van der Waals surface area contributed by atoms with Crippen molar-refractivity contribution < 1.29 is 8.78 Å². The lowest BCUT2D eigenvalue weighted by atomic mass is 10.1. The van der Waals surface area contributed by atoms with Crippen LogP contribution < -0.4 is 0 Å². The Labute approximate surface area is 176 Å². The van der Waals surface area contributed by atoms with Gasteiger partial charge < -0.3 is 4.98 Å². The lowest BCUT2D eigenvalue weighted by Gasteiger charge is -2.02. The summed E-state index contributed by atoms with van der Waals surface area (Å²) in [6, 6.07) is 8.07. The van der Waals surface area contributed by atoms with Crippen LogP contribution in [-0.2, 0) is 0 Å². The van der Waals surface area contributed by atoms with E-state index in [0.717, 1.165) is 16.9 Å². The third kappa shape index (κ3) is 2.88. The molecule has 6 rings (SSSR count). The van der Waals surface area contributed by atoms with Gasteiger partial charge in [0.1, 0.15) is 28.7 Å². The van der Waals surface area contributed by atoms with E-state index in [4.69, 9.17) is 0 Å². The van der Waals surface area contributed by atoms with Gasteiger partial charge in [0.05, 0.1) is 10.4 Å². The second kappa shape index (κ2) is 6.74. The molecule has 0 aliphatic carbocycles. The van der Waals surface area contributed by atoms with Crippen molar-refractivity contribution in [2.24, 2.45) is 0 Å². The Morgan fingerprint density at radius 3 is 2.61 bits per heavy atom. The predicted molar refractivity (Wildman–Crippen MR) is 113 cm³/mol. The van der Waals surface area contributed by atoms with Crippen LogP contribution >= 0.6 is 11.3 Å². The standard InChI is InChI=1S/C21H11F2N7S/c22-13-6-10(11-7-24-9-25-8-11)5-12-17(13)29-30-18(12)21-27-14-3-4-26-20(19(14)28-21)15-1-2-16(23)31-15/h1-9H,(H,27,28)(H,29,30). The monoisotopic (exact) mass is 431 g/mol. The Kier molecular flexibility index (Phi) is 3.87. The summed E-state index contributed by atoms with van der Waals surface area (Å²) in [6.45, 7) is 0. The molecule has 5 aromatic heterocycles. The van der Waals surface area contributed by atoms with Crippen LogP contribution in [0.5, 0.6) is 0 Å². The molecule has 6 aromatic rings.